The lowest BCUT2D eigenvalue weighted by molar-refractivity contribution is 0.340. The van der Waals surface area contributed by atoms with Crippen molar-refractivity contribution in [1.82, 2.24) is 20.2 Å². The van der Waals surface area contributed by atoms with Gasteiger partial charge in [-0.2, -0.15) is 0 Å². The van der Waals surface area contributed by atoms with E-state index in [-0.39, 0.29) is 5.54 Å². The Labute approximate surface area is 111 Å². The fourth-order valence-electron chi connectivity index (χ4n) is 2.12. The summed E-state index contributed by atoms with van der Waals surface area (Å²) in [5.74, 6) is 1.49. The van der Waals surface area contributed by atoms with Gasteiger partial charge in [0.15, 0.2) is 5.82 Å². The van der Waals surface area contributed by atoms with Gasteiger partial charge in [0.2, 0.25) is 0 Å². The molecule has 1 heterocycles. The van der Waals surface area contributed by atoms with Gasteiger partial charge in [-0.3, -0.25) is 0 Å². The molecule has 0 spiro atoms. The first kappa shape index (κ1) is 12.0. The average molecular weight is 259 g/mol. The van der Waals surface area contributed by atoms with Crippen LogP contribution in [0.15, 0.2) is 18.2 Å². The predicted molar refractivity (Wildman–Crippen MR) is 71.7 cm³/mol. The molecule has 2 N–H and O–H groups in total. The summed E-state index contributed by atoms with van der Waals surface area (Å²) in [6.07, 6.45) is 2.21. The largest absolute Gasteiger partial charge is 0.494 e. The molecule has 100 valence electrons. The van der Waals surface area contributed by atoms with Gasteiger partial charge < -0.3 is 10.5 Å². The van der Waals surface area contributed by atoms with E-state index in [1.54, 1.807) is 6.07 Å². The minimum absolute atomic E-state index is 0.0508. The van der Waals surface area contributed by atoms with Crippen LogP contribution in [0.5, 0.6) is 5.75 Å². The summed E-state index contributed by atoms with van der Waals surface area (Å²) in [6, 6.07) is 5.60. The molecule has 1 fully saturated rings. The zero-order valence-electron chi connectivity index (χ0n) is 11.1. The van der Waals surface area contributed by atoms with E-state index in [0.29, 0.717) is 12.3 Å². The molecule has 0 unspecified atom stereocenters. The summed E-state index contributed by atoms with van der Waals surface area (Å²) in [5, 5.41) is 12.0. The number of anilines is 1. The summed E-state index contributed by atoms with van der Waals surface area (Å²) in [5.41, 5.74) is 7.50. The molecular formula is C13H17N5O. The smallest absolute Gasteiger partial charge is 0.182 e. The van der Waals surface area contributed by atoms with E-state index in [1.807, 2.05) is 23.7 Å². The summed E-state index contributed by atoms with van der Waals surface area (Å²) < 4.78 is 7.40. The van der Waals surface area contributed by atoms with Crippen LogP contribution < -0.4 is 10.5 Å². The Morgan fingerprint density at radius 2 is 2.16 bits per heavy atom. The van der Waals surface area contributed by atoms with Crippen LogP contribution in [0, 0.1) is 0 Å². The lowest BCUT2D eigenvalue weighted by Crippen LogP contribution is -2.15. The van der Waals surface area contributed by atoms with Gasteiger partial charge in [0.25, 0.3) is 0 Å². The topological polar surface area (TPSA) is 78.8 Å². The predicted octanol–water partition coefficient (Wildman–Crippen LogP) is 1.83. The Hall–Kier alpha value is -2.11. The average Bonchev–Trinajstić information content (AvgIpc) is 2.93. The molecule has 6 nitrogen and oxygen atoms in total. The van der Waals surface area contributed by atoms with Gasteiger partial charge in [-0.1, -0.05) is 0 Å². The molecular weight excluding hydrogens is 242 g/mol. The van der Waals surface area contributed by atoms with E-state index in [9.17, 15) is 0 Å². The third kappa shape index (κ3) is 2.14. The summed E-state index contributed by atoms with van der Waals surface area (Å²) in [7, 11) is 0. The number of ether oxygens (including phenoxy) is 1. The number of rotatable bonds is 4. The lowest BCUT2D eigenvalue weighted by Gasteiger charge is -2.12. The fourth-order valence-corrected chi connectivity index (χ4v) is 2.12. The normalized spacial score (nSPS) is 16.3. The number of aromatic nitrogens is 4. The minimum atomic E-state index is 0.0508. The molecule has 0 aliphatic heterocycles. The van der Waals surface area contributed by atoms with Gasteiger partial charge in [-0.15, -0.1) is 5.10 Å². The van der Waals surface area contributed by atoms with Crippen molar-refractivity contribution >= 4 is 5.69 Å². The molecule has 1 saturated carbocycles. The van der Waals surface area contributed by atoms with E-state index >= 15 is 0 Å². The number of tetrazole rings is 1. The second-order valence-electron chi connectivity index (χ2n) is 5.13. The van der Waals surface area contributed by atoms with E-state index in [4.69, 9.17) is 10.5 Å². The Morgan fingerprint density at radius 1 is 1.37 bits per heavy atom. The molecule has 3 rings (SSSR count). The van der Waals surface area contributed by atoms with Crippen LogP contribution >= 0.6 is 0 Å². The van der Waals surface area contributed by atoms with E-state index in [1.165, 1.54) is 0 Å². The number of nitrogens with two attached hydrogens (primary N) is 1. The molecule has 0 radical (unpaired) electrons. The highest BCUT2D eigenvalue weighted by Crippen LogP contribution is 2.44. The molecule has 0 bridgehead atoms. The van der Waals surface area contributed by atoms with Gasteiger partial charge in [-0.05, 0) is 49.2 Å². The molecule has 0 amide bonds. The summed E-state index contributed by atoms with van der Waals surface area (Å²) in [6.45, 7) is 4.70. The van der Waals surface area contributed by atoms with Gasteiger partial charge in [-0.25, -0.2) is 4.68 Å². The molecule has 0 atom stereocenters. The van der Waals surface area contributed by atoms with Crippen molar-refractivity contribution in [2.24, 2.45) is 0 Å². The Balaban J connectivity index is 2.04. The second kappa shape index (κ2) is 4.22. The SMILES string of the molecule is CCOc1cc(N)cc(-c2nnnn2C2(C)CC2)c1. The second-order valence-corrected chi connectivity index (χ2v) is 5.13. The van der Waals surface area contributed by atoms with E-state index in [0.717, 1.165) is 30.0 Å². The van der Waals surface area contributed by atoms with Crippen molar-refractivity contribution in [1.29, 1.82) is 0 Å². The van der Waals surface area contributed by atoms with Gasteiger partial charge in [0, 0.05) is 17.3 Å². The van der Waals surface area contributed by atoms with Crippen LogP contribution in [0.1, 0.15) is 26.7 Å². The Bertz CT molecular complexity index is 603. The van der Waals surface area contributed by atoms with E-state index < -0.39 is 0 Å². The minimum Gasteiger partial charge on any atom is -0.494 e. The first-order valence-electron chi connectivity index (χ1n) is 6.45. The zero-order chi connectivity index (χ0) is 13.5. The third-order valence-electron chi connectivity index (χ3n) is 3.45. The van der Waals surface area contributed by atoms with Gasteiger partial charge >= 0.3 is 0 Å². The zero-order valence-corrected chi connectivity index (χ0v) is 11.1. The van der Waals surface area contributed by atoms with Crippen LogP contribution in [0.25, 0.3) is 11.4 Å². The Kier molecular flexibility index (Phi) is 2.66. The maximum absolute atomic E-state index is 5.91. The highest BCUT2D eigenvalue weighted by molar-refractivity contribution is 5.64. The van der Waals surface area contributed by atoms with E-state index in [2.05, 4.69) is 22.4 Å². The molecule has 1 aliphatic rings. The molecule has 0 saturated heterocycles. The lowest BCUT2D eigenvalue weighted by atomic mass is 10.1. The van der Waals surface area contributed by atoms with Crippen LogP contribution in [0.3, 0.4) is 0 Å². The van der Waals surface area contributed by atoms with Gasteiger partial charge in [0.1, 0.15) is 5.75 Å². The molecule has 1 aromatic carbocycles. The fraction of sp³-hybridized carbons (Fsp3) is 0.462. The molecule has 6 heteroatoms. The van der Waals surface area contributed by atoms with Crippen molar-refractivity contribution in [3.05, 3.63) is 18.2 Å². The van der Waals surface area contributed by atoms with Crippen molar-refractivity contribution < 1.29 is 4.74 Å². The highest BCUT2D eigenvalue weighted by atomic mass is 16.5. The monoisotopic (exact) mass is 259 g/mol. The number of hydrogen-bond acceptors (Lipinski definition) is 5. The Morgan fingerprint density at radius 3 is 2.84 bits per heavy atom. The maximum Gasteiger partial charge on any atom is 0.182 e. The standard InChI is InChI=1S/C13H17N5O/c1-3-19-11-7-9(6-10(14)8-11)12-15-16-17-18(12)13(2)4-5-13/h6-8H,3-5,14H2,1-2H3. The van der Waals surface area contributed by atoms with Crippen LogP contribution in [-0.2, 0) is 5.54 Å². The van der Waals surface area contributed by atoms with Crippen molar-refractivity contribution in [3.8, 4) is 17.1 Å². The van der Waals surface area contributed by atoms with Crippen molar-refractivity contribution in [3.63, 3.8) is 0 Å². The first-order valence-corrected chi connectivity index (χ1v) is 6.45. The van der Waals surface area contributed by atoms with Crippen LogP contribution in [-0.4, -0.2) is 26.8 Å². The number of hydrogen-bond donors (Lipinski definition) is 1. The van der Waals surface area contributed by atoms with Crippen molar-refractivity contribution in [2.75, 3.05) is 12.3 Å². The molecule has 1 aromatic heterocycles. The maximum atomic E-state index is 5.91. The number of nitrogen functional groups attached to an aromatic ring is 1. The molecule has 2 aromatic rings. The highest BCUT2D eigenvalue weighted by Gasteiger charge is 2.42. The summed E-state index contributed by atoms with van der Waals surface area (Å²) in [4.78, 5) is 0. The molecule has 19 heavy (non-hydrogen) atoms. The summed E-state index contributed by atoms with van der Waals surface area (Å²) >= 11 is 0. The van der Waals surface area contributed by atoms with Crippen LogP contribution in [0.4, 0.5) is 5.69 Å². The van der Waals surface area contributed by atoms with Gasteiger partial charge in [0.05, 0.1) is 12.1 Å². The number of benzene rings is 1. The number of nitrogens with zero attached hydrogens (tertiary/aromatic N) is 4. The molecule has 1 aliphatic carbocycles. The third-order valence-corrected chi connectivity index (χ3v) is 3.45. The first-order chi connectivity index (χ1) is 9.12. The van der Waals surface area contributed by atoms with Crippen LogP contribution in [0.2, 0.25) is 0 Å². The quantitative estimate of drug-likeness (QED) is 0.847. The van der Waals surface area contributed by atoms with Crippen molar-refractivity contribution in [2.45, 2.75) is 32.2 Å².